The Balaban J connectivity index is 2.60. The maximum Gasteiger partial charge on any atom is 0.0107 e. The molecule has 1 aromatic carbocycles. The Hall–Kier alpha value is -0.820. The van der Waals surface area contributed by atoms with Crippen molar-refractivity contribution in [3.05, 3.63) is 35.4 Å². The van der Waals surface area contributed by atoms with E-state index in [9.17, 15) is 0 Å². The van der Waals surface area contributed by atoms with E-state index in [1.807, 2.05) is 0 Å². The van der Waals surface area contributed by atoms with Gasteiger partial charge in [0.25, 0.3) is 0 Å². The molecule has 0 heterocycles. The number of rotatable bonds is 6. The van der Waals surface area contributed by atoms with Crippen molar-refractivity contribution < 1.29 is 0 Å². The summed E-state index contributed by atoms with van der Waals surface area (Å²) in [4.78, 5) is 0. The van der Waals surface area contributed by atoms with Crippen LogP contribution in [0.2, 0.25) is 0 Å². The third kappa shape index (κ3) is 3.97. The van der Waals surface area contributed by atoms with Gasteiger partial charge in [0.05, 0.1) is 0 Å². The zero-order valence-corrected chi connectivity index (χ0v) is 11.1. The van der Waals surface area contributed by atoms with Gasteiger partial charge in [-0.2, -0.15) is 0 Å². The molecule has 16 heavy (non-hydrogen) atoms. The van der Waals surface area contributed by atoms with Crippen LogP contribution in [0, 0.1) is 12.8 Å². The molecule has 0 aliphatic heterocycles. The van der Waals surface area contributed by atoms with E-state index in [2.05, 4.69) is 57.4 Å². The second-order valence-corrected chi connectivity index (χ2v) is 4.87. The van der Waals surface area contributed by atoms with Crippen molar-refractivity contribution >= 4 is 0 Å². The summed E-state index contributed by atoms with van der Waals surface area (Å²) in [6, 6.07) is 9.30. The highest BCUT2D eigenvalue weighted by molar-refractivity contribution is 5.26. The van der Waals surface area contributed by atoms with Gasteiger partial charge >= 0.3 is 0 Å². The molecule has 0 aliphatic rings. The molecule has 0 aliphatic carbocycles. The molecular weight excluding hydrogens is 194 g/mol. The molecule has 1 heteroatoms. The second kappa shape index (κ2) is 6.70. The van der Waals surface area contributed by atoms with Gasteiger partial charge in [0.2, 0.25) is 0 Å². The SMILES string of the molecule is CCC(C)CC(Cc1ccccc1C)NC. The number of aryl methyl sites for hydroxylation is 1. The largest absolute Gasteiger partial charge is 0.317 e. The third-order valence-corrected chi connectivity index (χ3v) is 3.52. The standard InChI is InChI=1S/C15H25N/c1-5-12(2)10-15(16-4)11-14-9-7-6-8-13(14)3/h6-9,12,15-16H,5,10-11H2,1-4H3. The fourth-order valence-corrected chi connectivity index (χ4v) is 2.06. The Kier molecular flexibility index (Phi) is 5.54. The molecule has 0 aromatic heterocycles. The molecule has 1 N–H and O–H groups in total. The first-order valence-electron chi connectivity index (χ1n) is 6.39. The van der Waals surface area contributed by atoms with Gasteiger partial charge in [-0.25, -0.2) is 0 Å². The van der Waals surface area contributed by atoms with E-state index >= 15 is 0 Å². The van der Waals surface area contributed by atoms with E-state index < -0.39 is 0 Å². The lowest BCUT2D eigenvalue weighted by atomic mass is 9.93. The predicted octanol–water partition coefficient (Wildman–Crippen LogP) is 3.56. The van der Waals surface area contributed by atoms with Gasteiger partial charge in [-0.3, -0.25) is 0 Å². The molecule has 0 saturated heterocycles. The minimum Gasteiger partial charge on any atom is -0.317 e. The minimum atomic E-state index is 0.607. The lowest BCUT2D eigenvalue weighted by Gasteiger charge is -2.20. The predicted molar refractivity (Wildman–Crippen MR) is 71.8 cm³/mol. The van der Waals surface area contributed by atoms with Crippen LogP contribution in [0.4, 0.5) is 0 Å². The quantitative estimate of drug-likeness (QED) is 0.771. The maximum atomic E-state index is 3.44. The Labute approximate surface area is 100 Å². The first-order chi connectivity index (χ1) is 7.67. The van der Waals surface area contributed by atoms with E-state index in [0.29, 0.717) is 6.04 Å². The van der Waals surface area contributed by atoms with Crippen LogP contribution in [0.15, 0.2) is 24.3 Å². The van der Waals surface area contributed by atoms with Crippen molar-refractivity contribution in [2.24, 2.45) is 5.92 Å². The Morgan fingerprint density at radius 2 is 1.94 bits per heavy atom. The van der Waals surface area contributed by atoms with E-state index in [0.717, 1.165) is 12.3 Å². The Morgan fingerprint density at radius 3 is 2.50 bits per heavy atom. The first-order valence-corrected chi connectivity index (χ1v) is 6.39. The van der Waals surface area contributed by atoms with Crippen molar-refractivity contribution in [2.75, 3.05) is 7.05 Å². The molecule has 90 valence electrons. The average Bonchev–Trinajstić information content (AvgIpc) is 2.30. The summed E-state index contributed by atoms with van der Waals surface area (Å²) in [5, 5.41) is 3.44. The zero-order chi connectivity index (χ0) is 12.0. The number of hydrogen-bond donors (Lipinski definition) is 1. The van der Waals surface area contributed by atoms with E-state index in [1.54, 1.807) is 0 Å². The number of likely N-dealkylation sites (N-methyl/N-ethyl adjacent to an activating group) is 1. The Morgan fingerprint density at radius 1 is 1.25 bits per heavy atom. The molecular formula is C15H25N. The van der Waals surface area contributed by atoms with Crippen molar-refractivity contribution in [1.82, 2.24) is 5.32 Å². The van der Waals surface area contributed by atoms with Crippen LogP contribution in [-0.2, 0) is 6.42 Å². The van der Waals surface area contributed by atoms with Gasteiger partial charge in [0, 0.05) is 6.04 Å². The molecule has 2 atom stereocenters. The van der Waals surface area contributed by atoms with Crippen LogP contribution in [-0.4, -0.2) is 13.1 Å². The van der Waals surface area contributed by atoms with Crippen LogP contribution < -0.4 is 5.32 Å². The van der Waals surface area contributed by atoms with Crippen LogP contribution in [0.5, 0.6) is 0 Å². The highest BCUT2D eigenvalue weighted by Crippen LogP contribution is 2.15. The summed E-state index contributed by atoms with van der Waals surface area (Å²) >= 11 is 0. The van der Waals surface area contributed by atoms with Gasteiger partial charge < -0.3 is 5.32 Å². The van der Waals surface area contributed by atoms with E-state index in [-0.39, 0.29) is 0 Å². The molecule has 1 nitrogen and oxygen atoms in total. The minimum absolute atomic E-state index is 0.607. The third-order valence-electron chi connectivity index (χ3n) is 3.52. The van der Waals surface area contributed by atoms with Crippen LogP contribution in [0.25, 0.3) is 0 Å². The van der Waals surface area contributed by atoms with Gasteiger partial charge in [0.1, 0.15) is 0 Å². The van der Waals surface area contributed by atoms with E-state index in [4.69, 9.17) is 0 Å². The molecule has 0 spiro atoms. The summed E-state index contributed by atoms with van der Waals surface area (Å²) in [5.41, 5.74) is 2.89. The van der Waals surface area contributed by atoms with Crippen LogP contribution >= 0.6 is 0 Å². The topological polar surface area (TPSA) is 12.0 Å². The fraction of sp³-hybridized carbons (Fsp3) is 0.600. The number of hydrogen-bond acceptors (Lipinski definition) is 1. The summed E-state index contributed by atoms with van der Waals surface area (Å²) in [7, 11) is 2.07. The molecule has 0 bridgehead atoms. The highest BCUT2D eigenvalue weighted by Gasteiger charge is 2.11. The lowest BCUT2D eigenvalue weighted by Crippen LogP contribution is -2.29. The van der Waals surface area contributed by atoms with Gasteiger partial charge in [0.15, 0.2) is 0 Å². The Bertz CT molecular complexity index is 306. The van der Waals surface area contributed by atoms with Gasteiger partial charge in [-0.1, -0.05) is 44.5 Å². The normalized spacial score (nSPS) is 14.8. The molecule has 1 aromatic rings. The van der Waals surface area contributed by atoms with Crippen LogP contribution in [0.1, 0.15) is 37.8 Å². The van der Waals surface area contributed by atoms with Gasteiger partial charge in [-0.05, 0) is 43.9 Å². The number of nitrogens with one attached hydrogen (secondary N) is 1. The molecule has 0 radical (unpaired) electrons. The molecule has 2 unspecified atom stereocenters. The highest BCUT2D eigenvalue weighted by atomic mass is 14.9. The maximum absolute atomic E-state index is 3.44. The monoisotopic (exact) mass is 219 g/mol. The number of benzene rings is 1. The molecule has 0 saturated carbocycles. The first kappa shape index (κ1) is 13.2. The summed E-state index contributed by atoms with van der Waals surface area (Å²) in [5.74, 6) is 0.807. The average molecular weight is 219 g/mol. The molecule has 0 amide bonds. The van der Waals surface area contributed by atoms with Crippen molar-refractivity contribution in [3.8, 4) is 0 Å². The van der Waals surface area contributed by atoms with Crippen LogP contribution in [0.3, 0.4) is 0 Å². The fourth-order valence-electron chi connectivity index (χ4n) is 2.06. The zero-order valence-electron chi connectivity index (χ0n) is 11.1. The molecule has 1 rings (SSSR count). The summed E-state index contributed by atoms with van der Waals surface area (Å²) in [6.45, 7) is 6.80. The van der Waals surface area contributed by atoms with Crippen molar-refractivity contribution in [1.29, 1.82) is 0 Å². The van der Waals surface area contributed by atoms with Crippen molar-refractivity contribution in [2.45, 2.75) is 46.1 Å². The summed E-state index contributed by atoms with van der Waals surface area (Å²) in [6.07, 6.45) is 3.68. The van der Waals surface area contributed by atoms with Crippen molar-refractivity contribution in [3.63, 3.8) is 0 Å². The smallest absolute Gasteiger partial charge is 0.0107 e. The lowest BCUT2D eigenvalue weighted by molar-refractivity contribution is 0.410. The van der Waals surface area contributed by atoms with E-state index in [1.165, 1.54) is 24.0 Å². The summed E-state index contributed by atoms with van der Waals surface area (Å²) < 4.78 is 0. The molecule has 0 fully saturated rings. The second-order valence-electron chi connectivity index (χ2n) is 4.87. The van der Waals surface area contributed by atoms with Gasteiger partial charge in [-0.15, -0.1) is 0 Å².